The van der Waals surface area contributed by atoms with E-state index in [2.05, 4.69) is 0 Å². The summed E-state index contributed by atoms with van der Waals surface area (Å²) in [5.41, 5.74) is 0. The van der Waals surface area contributed by atoms with Crippen molar-refractivity contribution >= 4 is 10.8 Å². The molecule has 1 nitrogen and oxygen atoms in total. The SMILES string of the molecule is C.CS(C)=O.[Pd]. The fourth-order valence-electron chi connectivity index (χ4n) is 0. The molecule has 0 radical (unpaired) electrons. The van der Waals surface area contributed by atoms with E-state index in [0.29, 0.717) is 0 Å². The molecule has 0 rings (SSSR count). The molecular formula is C3H10OPdS. The Kier molecular flexibility index (Phi) is 24.4. The van der Waals surface area contributed by atoms with Gasteiger partial charge in [0, 0.05) is 43.7 Å². The predicted molar refractivity (Wildman–Crippen MR) is 26.7 cm³/mol. The van der Waals surface area contributed by atoms with E-state index in [1.165, 1.54) is 0 Å². The van der Waals surface area contributed by atoms with Gasteiger partial charge >= 0.3 is 0 Å². The minimum Gasteiger partial charge on any atom is -0.260 e. The molecule has 3 heteroatoms. The van der Waals surface area contributed by atoms with Crippen molar-refractivity contribution in [1.82, 2.24) is 0 Å². The first kappa shape index (κ1) is 15.8. The maximum atomic E-state index is 9.56. The van der Waals surface area contributed by atoms with Crippen LogP contribution in [0.4, 0.5) is 0 Å². The number of hydrogen-bond acceptors (Lipinski definition) is 1. The van der Waals surface area contributed by atoms with Crippen LogP contribution in [-0.2, 0) is 31.2 Å². The van der Waals surface area contributed by atoms with E-state index in [-0.39, 0.29) is 27.8 Å². The summed E-state index contributed by atoms with van der Waals surface area (Å²) < 4.78 is 9.56. The van der Waals surface area contributed by atoms with Crippen molar-refractivity contribution in [2.75, 3.05) is 12.5 Å². The maximum absolute atomic E-state index is 9.56. The number of hydrogen-bond donors (Lipinski definition) is 0. The van der Waals surface area contributed by atoms with E-state index in [1.807, 2.05) is 0 Å². The van der Waals surface area contributed by atoms with E-state index in [0.717, 1.165) is 0 Å². The molecule has 0 fully saturated rings. The van der Waals surface area contributed by atoms with Crippen molar-refractivity contribution in [2.45, 2.75) is 7.43 Å². The third-order valence-electron chi connectivity index (χ3n) is 0. The van der Waals surface area contributed by atoms with Crippen LogP contribution in [0.5, 0.6) is 0 Å². The zero-order chi connectivity index (χ0) is 3.58. The second-order valence-corrected chi connectivity index (χ2v) is 2.22. The standard InChI is InChI=1S/C2H6OS.CH4.Pd/c1-4(2)3;;/h1-2H3;1H4;. The Hall–Kier alpha value is 0.812. The van der Waals surface area contributed by atoms with E-state index in [9.17, 15) is 4.21 Å². The first-order chi connectivity index (χ1) is 1.73. The first-order valence-electron chi connectivity index (χ1n) is 0.983. The Morgan fingerprint density at radius 2 is 1.33 bits per heavy atom. The zero-order valence-corrected chi connectivity index (χ0v) is 5.50. The summed E-state index contributed by atoms with van der Waals surface area (Å²) in [7, 11) is -0.611. The minimum absolute atomic E-state index is 0. The van der Waals surface area contributed by atoms with Crippen LogP contribution in [0.25, 0.3) is 0 Å². The molecule has 0 amide bonds. The molecule has 0 saturated heterocycles. The molecule has 44 valence electrons. The third kappa shape index (κ3) is 106. The van der Waals surface area contributed by atoms with Crippen LogP contribution in [0.3, 0.4) is 0 Å². The molecule has 0 heterocycles. The van der Waals surface area contributed by atoms with Gasteiger partial charge in [0.2, 0.25) is 0 Å². The summed E-state index contributed by atoms with van der Waals surface area (Å²) in [6.45, 7) is 0. The summed E-state index contributed by atoms with van der Waals surface area (Å²) in [4.78, 5) is 0. The van der Waals surface area contributed by atoms with Crippen LogP contribution in [-0.4, -0.2) is 16.7 Å². The van der Waals surface area contributed by atoms with Crippen molar-refractivity contribution in [3.05, 3.63) is 0 Å². The fraction of sp³-hybridized carbons (Fsp3) is 1.00. The first-order valence-corrected chi connectivity index (χ1v) is 2.95. The molecule has 0 aromatic heterocycles. The number of rotatable bonds is 0. The average Bonchev–Trinajstić information content (AvgIpc) is 0.811. The van der Waals surface area contributed by atoms with E-state index < -0.39 is 10.8 Å². The molecule has 0 aromatic carbocycles. The van der Waals surface area contributed by atoms with Gasteiger partial charge < -0.3 is 0 Å². The summed E-state index contributed by atoms with van der Waals surface area (Å²) in [6.07, 6.45) is 3.28. The van der Waals surface area contributed by atoms with Gasteiger partial charge in [0.05, 0.1) is 0 Å². The molecule has 0 bridgehead atoms. The predicted octanol–water partition coefficient (Wildman–Crippen LogP) is 0.628. The summed E-state index contributed by atoms with van der Waals surface area (Å²) in [6, 6.07) is 0. The third-order valence-corrected chi connectivity index (χ3v) is 0. The molecule has 6 heavy (non-hydrogen) atoms. The Labute approximate surface area is 55.6 Å². The van der Waals surface area contributed by atoms with Gasteiger partial charge in [-0.3, -0.25) is 4.21 Å². The molecule has 0 aromatic rings. The van der Waals surface area contributed by atoms with Gasteiger partial charge in [0.1, 0.15) is 0 Å². The largest absolute Gasteiger partial charge is 0.260 e. The molecule has 0 aliphatic heterocycles. The van der Waals surface area contributed by atoms with Crippen molar-refractivity contribution in [2.24, 2.45) is 0 Å². The van der Waals surface area contributed by atoms with Crippen molar-refractivity contribution in [1.29, 1.82) is 0 Å². The van der Waals surface area contributed by atoms with Crippen LogP contribution in [0.15, 0.2) is 0 Å². The Morgan fingerprint density at radius 1 is 1.33 bits per heavy atom. The molecule has 0 aliphatic carbocycles. The monoisotopic (exact) mass is 200 g/mol. The Morgan fingerprint density at radius 3 is 1.33 bits per heavy atom. The Bertz CT molecular complexity index is 33.8. The van der Waals surface area contributed by atoms with Crippen LogP contribution in [0, 0.1) is 0 Å². The van der Waals surface area contributed by atoms with Gasteiger partial charge in [-0.25, -0.2) is 0 Å². The molecule has 0 atom stereocenters. The van der Waals surface area contributed by atoms with Gasteiger partial charge in [-0.05, 0) is 0 Å². The van der Waals surface area contributed by atoms with Gasteiger partial charge in [0.15, 0.2) is 0 Å². The van der Waals surface area contributed by atoms with Crippen molar-refractivity contribution in [3.63, 3.8) is 0 Å². The fourth-order valence-corrected chi connectivity index (χ4v) is 0. The normalized spacial score (nSPS) is 5.83. The molecular weight excluding hydrogens is 191 g/mol. The molecule has 0 N–H and O–H groups in total. The zero-order valence-electron chi connectivity index (χ0n) is 3.13. The van der Waals surface area contributed by atoms with Crippen LogP contribution >= 0.6 is 0 Å². The van der Waals surface area contributed by atoms with Gasteiger partial charge in [-0.15, -0.1) is 0 Å². The van der Waals surface area contributed by atoms with Crippen molar-refractivity contribution in [3.8, 4) is 0 Å². The quantitative estimate of drug-likeness (QED) is 0.525. The average molecular weight is 201 g/mol. The molecule has 0 spiro atoms. The van der Waals surface area contributed by atoms with E-state index in [4.69, 9.17) is 0 Å². The topological polar surface area (TPSA) is 17.1 Å². The summed E-state index contributed by atoms with van der Waals surface area (Å²) in [5, 5.41) is 0. The van der Waals surface area contributed by atoms with Gasteiger partial charge in [-0.2, -0.15) is 0 Å². The second kappa shape index (κ2) is 9.26. The maximum Gasteiger partial charge on any atom is 0.0148 e. The summed E-state index contributed by atoms with van der Waals surface area (Å²) in [5.74, 6) is 0. The summed E-state index contributed by atoms with van der Waals surface area (Å²) >= 11 is 0. The van der Waals surface area contributed by atoms with Crippen molar-refractivity contribution < 1.29 is 24.6 Å². The van der Waals surface area contributed by atoms with Crippen LogP contribution < -0.4 is 0 Å². The van der Waals surface area contributed by atoms with Crippen LogP contribution in [0.1, 0.15) is 7.43 Å². The van der Waals surface area contributed by atoms with E-state index in [1.54, 1.807) is 12.5 Å². The molecule has 0 unspecified atom stereocenters. The molecule has 0 aliphatic rings. The minimum atomic E-state index is -0.611. The van der Waals surface area contributed by atoms with Gasteiger partial charge in [0.25, 0.3) is 0 Å². The smallest absolute Gasteiger partial charge is 0.0148 e. The van der Waals surface area contributed by atoms with Crippen LogP contribution in [0.2, 0.25) is 0 Å². The van der Waals surface area contributed by atoms with Gasteiger partial charge in [-0.1, -0.05) is 7.43 Å². The van der Waals surface area contributed by atoms with E-state index >= 15 is 0 Å². The molecule has 0 saturated carbocycles. The Balaban J connectivity index is -0.0000000450. The second-order valence-electron chi connectivity index (χ2n) is 0.742.